The fourth-order valence-corrected chi connectivity index (χ4v) is 3.65. The first kappa shape index (κ1) is 15.4. The Labute approximate surface area is 147 Å². The SMILES string of the molecule is O=C1C(=CCN2CCCC2)c2ccc(Cl)cc2N1c1ccccc1. The maximum atomic E-state index is 13.1. The van der Waals surface area contributed by atoms with E-state index in [-0.39, 0.29) is 5.91 Å². The van der Waals surface area contributed by atoms with E-state index >= 15 is 0 Å². The van der Waals surface area contributed by atoms with Crippen LogP contribution in [-0.2, 0) is 4.79 Å². The number of carbonyl (C=O) groups is 1. The molecule has 0 radical (unpaired) electrons. The summed E-state index contributed by atoms with van der Waals surface area (Å²) < 4.78 is 0. The van der Waals surface area contributed by atoms with Crippen molar-refractivity contribution in [3.05, 3.63) is 65.2 Å². The molecule has 0 unspecified atom stereocenters. The number of rotatable bonds is 3. The highest BCUT2D eigenvalue weighted by Crippen LogP contribution is 2.42. The summed E-state index contributed by atoms with van der Waals surface area (Å²) in [5.74, 6) is 0.0256. The van der Waals surface area contributed by atoms with Crippen LogP contribution in [0.5, 0.6) is 0 Å². The van der Waals surface area contributed by atoms with Gasteiger partial charge in [-0.2, -0.15) is 0 Å². The van der Waals surface area contributed by atoms with Gasteiger partial charge in [0.15, 0.2) is 0 Å². The summed E-state index contributed by atoms with van der Waals surface area (Å²) in [7, 11) is 0. The number of anilines is 2. The van der Waals surface area contributed by atoms with Crippen LogP contribution in [0.3, 0.4) is 0 Å². The molecule has 2 heterocycles. The fraction of sp³-hybridized carbons (Fsp3) is 0.250. The van der Waals surface area contributed by atoms with Gasteiger partial charge in [-0.1, -0.05) is 41.9 Å². The Kier molecular flexibility index (Phi) is 4.13. The monoisotopic (exact) mass is 338 g/mol. The zero-order chi connectivity index (χ0) is 16.5. The number of hydrogen-bond acceptors (Lipinski definition) is 2. The minimum Gasteiger partial charge on any atom is -0.300 e. The molecule has 3 nitrogen and oxygen atoms in total. The van der Waals surface area contributed by atoms with E-state index in [4.69, 9.17) is 11.6 Å². The number of likely N-dealkylation sites (tertiary alicyclic amines) is 1. The third-order valence-electron chi connectivity index (χ3n) is 4.69. The Morgan fingerprint density at radius 3 is 2.54 bits per heavy atom. The van der Waals surface area contributed by atoms with Crippen molar-refractivity contribution in [2.24, 2.45) is 0 Å². The van der Waals surface area contributed by atoms with Gasteiger partial charge in [0.05, 0.1) is 5.69 Å². The molecule has 1 amide bonds. The highest BCUT2D eigenvalue weighted by atomic mass is 35.5. The van der Waals surface area contributed by atoms with Crippen LogP contribution in [0.15, 0.2) is 54.6 Å². The molecule has 0 saturated carbocycles. The smallest absolute Gasteiger partial charge is 0.263 e. The van der Waals surface area contributed by atoms with E-state index in [1.807, 2.05) is 48.5 Å². The molecule has 0 bridgehead atoms. The first-order valence-corrected chi connectivity index (χ1v) is 8.74. The van der Waals surface area contributed by atoms with Crippen LogP contribution in [0, 0.1) is 0 Å². The standard InChI is InChI=1S/C20H19ClN2O/c21-15-8-9-17-18(10-13-22-11-4-5-12-22)20(24)23(19(17)14-15)16-6-2-1-3-7-16/h1-3,6-10,14H,4-5,11-13H2. The Bertz CT molecular complexity index is 795. The predicted molar refractivity (Wildman–Crippen MR) is 98.7 cm³/mol. The summed E-state index contributed by atoms with van der Waals surface area (Å²) in [5, 5.41) is 0.642. The summed E-state index contributed by atoms with van der Waals surface area (Å²) in [6.07, 6.45) is 4.57. The molecule has 1 fully saturated rings. The van der Waals surface area contributed by atoms with Gasteiger partial charge in [0.1, 0.15) is 0 Å². The number of nitrogens with zero attached hydrogens (tertiary/aromatic N) is 2. The van der Waals surface area contributed by atoms with Crippen LogP contribution in [0.1, 0.15) is 18.4 Å². The number of amides is 1. The maximum Gasteiger partial charge on any atom is 0.263 e. The molecule has 0 N–H and O–H groups in total. The summed E-state index contributed by atoms with van der Waals surface area (Å²) in [5.41, 5.74) is 3.48. The highest BCUT2D eigenvalue weighted by Gasteiger charge is 2.33. The molecule has 4 rings (SSSR count). The minimum absolute atomic E-state index is 0.0256. The van der Waals surface area contributed by atoms with Gasteiger partial charge in [0.2, 0.25) is 0 Å². The lowest BCUT2D eigenvalue weighted by molar-refractivity contribution is -0.112. The van der Waals surface area contributed by atoms with E-state index in [0.717, 1.165) is 42.1 Å². The van der Waals surface area contributed by atoms with Crippen LogP contribution in [0.2, 0.25) is 5.02 Å². The molecule has 2 aliphatic heterocycles. The van der Waals surface area contributed by atoms with Crippen molar-refractivity contribution in [1.29, 1.82) is 0 Å². The Morgan fingerprint density at radius 1 is 1.04 bits per heavy atom. The molecule has 0 atom stereocenters. The predicted octanol–water partition coefficient (Wildman–Crippen LogP) is 4.50. The van der Waals surface area contributed by atoms with Crippen LogP contribution < -0.4 is 4.90 Å². The molecule has 2 aliphatic rings. The van der Waals surface area contributed by atoms with E-state index < -0.39 is 0 Å². The number of hydrogen-bond donors (Lipinski definition) is 0. The van der Waals surface area contributed by atoms with Gasteiger partial charge < -0.3 is 0 Å². The van der Waals surface area contributed by atoms with Gasteiger partial charge in [-0.3, -0.25) is 14.6 Å². The second-order valence-corrected chi connectivity index (χ2v) is 6.70. The average Bonchev–Trinajstić information content (AvgIpc) is 3.19. The summed E-state index contributed by atoms with van der Waals surface area (Å²) >= 11 is 6.19. The second kappa shape index (κ2) is 6.42. The van der Waals surface area contributed by atoms with Gasteiger partial charge in [0, 0.05) is 28.4 Å². The first-order chi connectivity index (χ1) is 11.7. The fourth-order valence-electron chi connectivity index (χ4n) is 3.48. The van der Waals surface area contributed by atoms with Crippen molar-refractivity contribution in [3.8, 4) is 0 Å². The summed E-state index contributed by atoms with van der Waals surface area (Å²) in [6.45, 7) is 3.06. The second-order valence-electron chi connectivity index (χ2n) is 6.26. The molecular formula is C20H19ClN2O. The van der Waals surface area contributed by atoms with Crippen LogP contribution >= 0.6 is 11.6 Å². The summed E-state index contributed by atoms with van der Waals surface area (Å²) in [6, 6.07) is 15.4. The molecule has 1 saturated heterocycles. The summed E-state index contributed by atoms with van der Waals surface area (Å²) in [4.78, 5) is 17.2. The van der Waals surface area contributed by atoms with Crippen molar-refractivity contribution in [3.63, 3.8) is 0 Å². The van der Waals surface area contributed by atoms with Crippen molar-refractivity contribution >= 4 is 34.5 Å². The van der Waals surface area contributed by atoms with Gasteiger partial charge in [-0.25, -0.2) is 0 Å². The highest BCUT2D eigenvalue weighted by molar-refractivity contribution is 6.36. The number of benzene rings is 2. The largest absolute Gasteiger partial charge is 0.300 e. The molecule has 122 valence electrons. The molecular weight excluding hydrogens is 320 g/mol. The quantitative estimate of drug-likeness (QED) is 0.769. The molecule has 4 heteroatoms. The topological polar surface area (TPSA) is 23.6 Å². The first-order valence-electron chi connectivity index (χ1n) is 8.36. The van der Waals surface area contributed by atoms with Crippen LogP contribution in [0.25, 0.3) is 5.57 Å². The van der Waals surface area contributed by atoms with Crippen molar-refractivity contribution in [2.45, 2.75) is 12.8 Å². The lowest BCUT2D eigenvalue weighted by atomic mass is 10.1. The lowest BCUT2D eigenvalue weighted by Gasteiger charge is -2.17. The van der Waals surface area contributed by atoms with Crippen molar-refractivity contribution in [2.75, 3.05) is 24.5 Å². The van der Waals surface area contributed by atoms with E-state index in [0.29, 0.717) is 5.02 Å². The Morgan fingerprint density at radius 2 is 1.79 bits per heavy atom. The maximum absolute atomic E-state index is 13.1. The van der Waals surface area contributed by atoms with Gasteiger partial charge in [-0.05, 0) is 50.2 Å². The van der Waals surface area contributed by atoms with Gasteiger partial charge >= 0.3 is 0 Å². The minimum atomic E-state index is 0.0256. The van der Waals surface area contributed by atoms with E-state index in [1.165, 1.54) is 12.8 Å². The zero-order valence-corrected chi connectivity index (χ0v) is 14.2. The van der Waals surface area contributed by atoms with Gasteiger partial charge in [0.25, 0.3) is 5.91 Å². The number of halogens is 1. The molecule has 2 aromatic carbocycles. The lowest BCUT2D eigenvalue weighted by Crippen LogP contribution is -2.22. The number of fused-ring (bicyclic) bond motifs is 1. The zero-order valence-electron chi connectivity index (χ0n) is 13.4. The molecule has 0 aromatic heterocycles. The Hall–Kier alpha value is -2.10. The third kappa shape index (κ3) is 2.74. The average molecular weight is 339 g/mol. The van der Waals surface area contributed by atoms with Crippen molar-refractivity contribution in [1.82, 2.24) is 4.90 Å². The van der Waals surface area contributed by atoms with Crippen LogP contribution in [0.4, 0.5) is 11.4 Å². The molecule has 24 heavy (non-hydrogen) atoms. The van der Waals surface area contributed by atoms with Gasteiger partial charge in [-0.15, -0.1) is 0 Å². The normalized spacial score (nSPS) is 19.3. The molecule has 0 aliphatic carbocycles. The van der Waals surface area contributed by atoms with E-state index in [1.54, 1.807) is 4.90 Å². The third-order valence-corrected chi connectivity index (χ3v) is 4.93. The van der Waals surface area contributed by atoms with E-state index in [9.17, 15) is 4.79 Å². The molecule has 0 spiro atoms. The number of carbonyl (C=O) groups excluding carboxylic acids is 1. The van der Waals surface area contributed by atoms with Crippen molar-refractivity contribution < 1.29 is 4.79 Å². The van der Waals surface area contributed by atoms with E-state index in [2.05, 4.69) is 11.0 Å². The Balaban J connectivity index is 1.74. The van der Waals surface area contributed by atoms with Crippen LogP contribution in [-0.4, -0.2) is 30.4 Å². The molecule has 2 aromatic rings. The number of para-hydroxylation sites is 1.